The maximum absolute atomic E-state index is 11.3. The fourth-order valence-electron chi connectivity index (χ4n) is 2.90. The Morgan fingerprint density at radius 2 is 1.94 bits per heavy atom. The Labute approximate surface area is 96.2 Å². The topological polar surface area (TPSA) is 44.8 Å². The van der Waals surface area contributed by atoms with E-state index in [-0.39, 0.29) is 17.7 Å². The minimum Gasteiger partial charge on any atom is -0.456 e. The molecule has 2 aliphatic rings. The number of esters is 1. The molecule has 2 aliphatic heterocycles. The number of hydrogen-bond donors (Lipinski definition) is 0. The molecule has 0 aromatic rings. The van der Waals surface area contributed by atoms with Crippen molar-refractivity contribution in [2.75, 3.05) is 6.61 Å². The van der Waals surface area contributed by atoms with Gasteiger partial charge in [-0.05, 0) is 27.2 Å². The van der Waals surface area contributed by atoms with Crippen LogP contribution in [0.4, 0.5) is 0 Å². The molecule has 3 atom stereocenters. The Morgan fingerprint density at radius 1 is 1.31 bits per heavy atom. The lowest BCUT2D eigenvalue weighted by molar-refractivity contribution is -0.189. The van der Waals surface area contributed by atoms with Gasteiger partial charge in [0.2, 0.25) is 0 Å². The van der Waals surface area contributed by atoms with Gasteiger partial charge in [0.15, 0.2) is 6.29 Å². The Bertz CT molecular complexity index is 325. The van der Waals surface area contributed by atoms with Crippen LogP contribution in [0.15, 0.2) is 0 Å². The zero-order valence-corrected chi connectivity index (χ0v) is 10.6. The molecule has 0 aromatic carbocycles. The molecule has 4 nitrogen and oxygen atoms in total. The zero-order valence-electron chi connectivity index (χ0n) is 10.6. The molecule has 92 valence electrons. The van der Waals surface area contributed by atoms with Gasteiger partial charge in [-0.3, -0.25) is 4.79 Å². The van der Waals surface area contributed by atoms with Gasteiger partial charge in [0.25, 0.3) is 0 Å². The molecule has 16 heavy (non-hydrogen) atoms. The standard InChI is InChI=1S/C12H20O4/c1-8(13)15-12(5)10(2,3)16-9-11(12,4)6-7-14-9/h9H,6-7H2,1-5H3/t9-,11-,12+/m1/s1. The Hall–Kier alpha value is -0.610. The van der Waals surface area contributed by atoms with Crippen LogP contribution in [0.2, 0.25) is 0 Å². The van der Waals surface area contributed by atoms with Crippen molar-refractivity contribution in [3.05, 3.63) is 0 Å². The van der Waals surface area contributed by atoms with E-state index in [1.807, 2.05) is 20.8 Å². The van der Waals surface area contributed by atoms with Crippen molar-refractivity contribution in [3.63, 3.8) is 0 Å². The summed E-state index contributed by atoms with van der Waals surface area (Å²) in [5.41, 5.74) is -1.44. The highest BCUT2D eigenvalue weighted by Crippen LogP contribution is 2.58. The first-order valence-corrected chi connectivity index (χ1v) is 5.72. The highest BCUT2D eigenvalue weighted by atomic mass is 16.7. The Morgan fingerprint density at radius 3 is 2.50 bits per heavy atom. The molecule has 0 bridgehead atoms. The van der Waals surface area contributed by atoms with Crippen LogP contribution >= 0.6 is 0 Å². The monoisotopic (exact) mass is 228 g/mol. The number of fused-ring (bicyclic) bond motifs is 1. The molecule has 2 heterocycles. The average molecular weight is 228 g/mol. The molecule has 0 saturated carbocycles. The lowest BCUT2D eigenvalue weighted by atomic mass is 9.68. The fourth-order valence-corrected chi connectivity index (χ4v) is 2.90. The summed E-state index contributed by atoms with van der Waals surface area (Å²) < 4.78 is 17.1. The number of rotatable bonds is 1. The highest BCUT2D eigenvalue weighted by molar-refractivity contribution is 5.67. The minimum atomic E-state index is -0.646. The smallest absolute Gasteiger partial charge is 0.303 e. The predicted molar refractivity (Wildman–Crippen MR) is 57.8 cm³/mol. The molecule has 2 saturated heterocycles. The molecule has 2 fully saturated rings. The maximum atomic E-state index is 11.3. The molecule has 0 aromatic heterocycles. The lowest BCUT2D eigenvalue weighted by Crippen LogP contribution is -2.55. The molecular weight excluding hydrogens is 208 g/mol. The third-order valence-electron chi connectivity index (χ3n) is 4.40. The largest absolute Gasteiger partial charge is 0.456 e. The summed E-state index contributed by atoms with van der Waals surface area (Å²) >= 11 is 0. The lowest BCUT2D eigenvalue weighted by Gasteiger charge is -2.43. The maximum Gasteiger partial charge on any atom is 0.303 e. The van der Waals surface area contributed by atoms with Gasteiger partial charge in [-0.25, -0.2) is 0 Å². The van der Waals surface area contributed by atoms with E-state index in [4.69, 9.17) is 14.2 Å². The first-order chi connectivity index (χ1) is 7.23. The summed E-state index contributed by atoms with van der Waals surface area (Å²) in [7, 11) is 0. The van der Waals surface area contributed by atoms with Crippen LogP contribution in [0.5, 0.6) is 0 Å². The van der Waals surface area contributed by atoms with E-state index in [1.54, 1.807) is 0 Å². The molecular formula is C12H20O4. The summed E-state index contributed by atoms with van der Waals surface area (Å²) in [6, 6.07) is 0. The van der Waals surface area contributed by atoms with Crippen molar-refractivity contribution in [2.24, 2.45) is 5.41 Å². The van der Waals surface area contributed by atoms with Gasteiger partial charge in [-0.2, -0.15) is 0 Å². The number of ether oxygens (including phenoxy) is 3. The van der Waals surface area contributed by atoms with Crippen molar-refractivity contribution >= 4 is 5.97 Å². The number of carbonyl (C=O) groups is 1. The van der Waals surface area contributed by atoms with Crippen molar-refractivity contribution in [3.8, 4) is 0 Å². The summed E-state index contributed by atoms with van der Waals surface area (Å²) in [6.07, 6.45) is 0.581. The molecule has 4 heteroatoms. The molecule has 2 rings (SSSR count). The summed E-state index contributed by atoms with van der Waals surface area (Å²) in [4.78, 5) is 11.3. The van der Waals surface area contributed by atoms with Gasteiger partial charge in [0.05, 0.1) is 12.0 Å². The molecule has 0 spiro atoms. The van der Waals surface area contributed by atoms with Crippen molar-refractivity contribution < 1.29 is 19.0 Å². The predicted octanol–water partition coefficient (Wildman–Crippen LogP) is 1.87. The normalized spacial score (nSPS) is 45.4. The third kappa shape index (κ3) is 1.26. The van der Waals surface area contributed by atoms with Crippen LogP contribution in [0.1, 0.15) is 41.0 Å². The summed E-state index contributed by atoms with van der Waals surface area (Å²) in [6.45, 7) is 10.0. The van der Waals surface area contributed by atoms with Gasteiger partial charge in [0.1, 0.15) is 11.2 Å². The van der Waals surface area contributed by atoms with Gasteiger partial charge >= 0.3 is 5.97 Å². The van der Waals surface area contributed by atoms with E-state index < -0.39 is 11.2 Å². The van der Waals surface area contributed by atoms with Gasteiger partial charge in [0, 0.05) is 6.92 Å². The van der Waals surface area contributed by atoms with E-state index in [2.05, 4.69) is 6.92 Å². The fraction of sp³-hybridized carbons (Fsp3) is 0.917. The van der Waals surface area contributed by atoms with Gasteiger partial charge in [-0.1, -0.05) is 6.92 Å². The Balaban J connectivity index is 2.41. The first-order valence-electron chi connectivity index (χ1n) is 5.72. The zero-order chi connectivity index (χ0) is 12.2. The van der Waals surface area contributed by atoms with Crippen LogP contribution in [0.25, 0.3) is 0 Å². The van der Waals surface area contributed by atoms with Crippen LogP contribution in [-0.2, 0) is 19.0 Å². The quantitative estimate of drug-likeness (QED) is 0.643. The van der Waals surface area contributed by atoms with Gasteiger partial charge < -0.3 is 14.2 Å². The molecule has 0 N–H and O–H groups in total. The van der Waals surface area contributed by atoms with Crippen LogP contribution in [0, 0.1) is 5.41 Å². The molecule has 0 aliphatic carbocycles. The van der Waals surface area contributed by atoms with E-state index in [1.165, 1.54) is 6.92 Å². The van der Waals surface area contributed by atoms with Crippen molar-refractivity contribution in [1.29, 1.82) is 0 Å². The summed E-state index contributed by atoms with van der Waals surface area (Å²) in [5.74, 6) is -0.270. The van der Waals surface area contributed by atoms with Crippen molar-refractivity contribution in [2.45, 2.75) is 58.5 Å². The van der Waals surface area contributed by atoms with E-state index in [0.717, 1.165) is 6.42 Å². The van der Waals surface area contributed by atoms with E-state index >= 15 is 0 Å². The first kappa shape index (κ1) is 11.9. The van der Waals surface area contributed by atoms with E-state index in [9.17, 15) is 4.79 Å². The van der Waals surface area contributed by atoms with E-state index in [0.29, 0.717) is 6.61 Å². The minimum absolute atomic E-state index is 0.262. The average Bonchev–Trinajstić information content (AvgIpc) is 2.51. The summed E-state index contributed by atoms with van der Waals surface area (Å²) in [5, 5.41) is 0. The molecule has 0 radical (unpaired) electrons. The van der Waals surface area contributed by atoms with Crippen molar-refractivity contribution in [1.82, 2.24) is 0 Å². The van der Waals surface area contributed by atoms with Gasteiger partial charge in [-0.15, -0.1) is 0 Å². The molecule has 0 amide bonds. The SMILES string of the molecule is CC(=O)O[C@@]1(C)C(C)(C)O[C@H]2OCC[C@]21C. The second-order valence-electron chi connectivity index (χ2n) is 5.63. The second kappa shape index (κ2) is 3.20. The van der Waals surface area contributed by atoms with Crippen LogP contribution in [0.3, 0.4) is 0 Å². The third-order valence-corrected chi connectivity index (χ3v) is 4.40. The molecule has 0 unspecified atom stereocenters. The second-order valence-corrected chi connectivity index (χ2v) is 5.63. The van der Waals surface area contributed by atoms with Crippen LogP contribution in [-0.4, -0.2) is 30.1 Å². The number of hydrogen-bond acceptors (Lipinski definition) is 4. The highest BCUT2D eigenvalue weighted by Gasteiger charge is 2.70. The number of carbonyl (C=O) groups excluding carboxylic acids is 1. The van der Waals surface area contributed by atoms with Crippen LogP contribution < -0.4 is 0 Å². The Kier molecular flexibility index (Phi) is 2.37.